The molecule has 0 atom stereocenters. The van der Waals surface area contributed by atoms with Gasteiger partial charge < -0.3 is 9.84 Å². The maximum atomic E-state index is 12.3. The molecule has 2 rings (SSSR count). The van der Waals surface area contributed by atoms with Crippen LogP contribution in [0.15, 0.2) is 18.2 Å². The van der Waals surface area contributed by atoms with Gasteiger partial charge >= 0.3 is 0 Å². The molecule has 0 aromatic heterocycles. The Labute approximate surface area is 124 Å². The van der Waals surface area contributed by atoms with E-state index in [4.69, 9.17) is 21.4 Å². The van der Waals surface area contributed by atoms with Crippen molar-refractivity contribution in [3.63, 3.8) is 0 Å². The third-order valence-corrected chi connectivity index (χ3v) is 4.09. The topological polar surface area (TPSA) is 49.8 Å². The van der Waals surface area contributed by atoms with Gasteiger partial charge in [0.2, 0.25) is 0 Å². The van der Waals surface area contributed by atoms with Crippen LogP contribution in [0.25, 0.3) is 0 Å². The highest BCUT2D eigenvalue weighted by Crippen LogP contribution is 2.27. The number of hydrogen-bond donors (Lipinski definition) is 1. The number of carbonyl (C=O) groups excluding carboxylic acids is 1. The van der Waals surface area contributed by atoms with E-state index in [0.29, 0.717) is 35.5 Å². The fourth-order valence-electron chi connectivity index (χ4n) is 2.39. The minimum atomic E-state index is 0.0231. The van der Waals surface area contributed by atoms with E-state index < -0.39 is 0 Å². The Balaban J connectivity index is 2.04. The van der Waals surface area contributed by atoms with E-state index in [9.17, 15) is 4.79 Å². The van der Waals surface area contributed by atoms with E-state index in [-0.39, 0.29) is 12.4 Å². The minimum Gasteiger partial charge on any atom is -0.495 e. The van der Waals surface area contributed by atoms with Gasteiger partial charge in [0.15, 0.2) is 5.78 Å². The molecule has 1 aromatic rings. The van der Waals surface area contributed by atoms with Gasteiger partial charge in [0, 0.05) is 18.2 Å². The monoisotopic (exact) mass is 297 g/mol. The van der Waals surface area contributed by atoms with Gasteiger partial charge in [0.25, 0.3) is 0 Å². The first kappa shape index (κ1) is 15.3. The number of rotatable bonds is 7. The van der Waals surface area contributed by atoms with Crippen molar-refractivity contribution in [1.29, 1.82) is 0 Å². The van der Waals surface area contributed by atoms with Crippen molar-refractivity contribution in [2.45, 2.75) is 25.3 Å². The molecule has 4 nitrogen and oxygen atoms in total. The average Bonchev–Trinajstić information content (AvgIpc) is 2.36. The molecule has 0 bridgehead atoms. The zero-order valence-corrected chi connectivity index (χ0v) is 12.4. The Morgan fingerprint density at radius 2 is 2.25 bits per heavy atom. The standard InChI is InChI=1S/C15H20ClNO3/c1-20-15-6-5-11(9-13(15)16)14(19)10-17(7-8-18)12-3-2-4-12/h5-6,9,12,18H,2-4,7-8,10H2,1H3. The van der Waals surface area contributed by atoms with Crippen LogP contribution in [0.1, 0.15) is 29.6 Å². The van der Waals surface area contributed by atoms with Crippen molar-refractivity contribution < 1.29 is 14.6 Å². The third kappa shape index (κ3) is 3.51. The number of ketones is 1. The first-order valence-corrected chi connectivity index (χ1v) is 7.25. The number of hydrogen-bond acceptors (Lipinski definition) is 4. The van der Waals surface area contributed by atoms with Crippen molar-refractivity contribution >= 4 is 17.4 Å². The first-order chi connectivity index (χ1) is 9.65. The molecule has 0 heterocycles. The second kappa shape index (κ2) is 7.07. The first-order valence-electron chi connectivity index (χ1n) is 6.87. The van der Waals surface area contributed by atoms with Crippen LogP contribution >= 0.6 is 11.6 Å². The van der Waals surface area contributed by atoms with Crippen molar-refractivity contribution in [2.75, 3.05) is 26.8 Å². The fraction of sp³-hybridized carbons (Fsp3) is 0.533. The summed E-state index contributed by atoms with van der Waals surface area (Å²) in [5, 5.41) is 9.55. The van der Waals surface area contributed by atoms with Gasteiger partial charge in [-0.15, -0.1) is 0 Å². The molecule has 0 radical (unpaired) electrons. The molecule has 1 aliphatic carbocycles. The molecule has 1 fully saturated rings. The number of Topliss-reactive ketones (excluding diaryl/α,β-unsaturated/α-hetero) is 1. The van der Waals surface area contributed by atoms with Crippen molar-refractivity contribution in [2.24, 2.45) is 0 Å². The van der Waals surface area contributed by atoms with Gasteiger partial charge in [0.05, 0.1) is 25.3 Å². The van der Waals surface area contributed by atoms with E-state index in [1.165, 1.54) is 6.42 Å². The Morgan fingerprint density at radius 3 is 2.75 bits per heavy atom. The quantitative estimate of drug-likeness (QED) is 0.785. The molecule has 110 valence electrons. The number of ether oxygens (including phenoxy) is 1. The second-order valence-corrected chi connectivity index (χ2v) is 5.46. The summed E-state index contributed by atoms with van der Waals surface area (Å²) in [6.45, 7) is 0.946. The lowest BCUT2D eigenvalue weighted by atomic mass is 9.91. The zero-order valence-electron chi connectivity index (χ0n) is 11.6. The van der Waals surface area contributed by atoms with Gasteiger partial charge in [-0.2, -0.15) is 0 Å². The molecule has 0 saturated heterocycles. The normalized spacial score (nSPS) is 15.2. The number of carbonyl (C=O) groups is 1. The van der Waals surface area contributed by atoms with Crippen LogP contribution in [-0.2, 0) is 0 Å². The van der Waals surface area contributed by atoms with E-state index in [2.05, 4.69) is 4.90 Å². The number of aliphatic hydroxyl groups excluding tert-OH is 1. The highest BCUT2D eigenvalue weighted by atomic mass is 35.5. The highest BCUT2D eigenvalue weighted by molar-refractivity contribution is 6.32. The summed E-state index contributed by atoms with van der Waals surface area (Å²) in [6.07, 6.45) is 3.42. The summed E-state index contributed by atoms with van der Waals surface area (Å²) >= 11 is 6.04. The van der Waals surface area contributed by atoms with Crippen LogP contribution in [0.2, 0.25) is 5.02 Å². The molecule has 1 N–H and O–H groups in total. The lowest BCUT2D eigenvalue weighted by Gasteiger charge is -2.36. The fourth-order valence-corrected chi connectivity index (χ4v) is 2.64. The molecule has 0 spiro atoms. The van der Waals surface area contributed by atoms with Crippen molar-refractivity contribution in [3.8, 4) is 5.75 Å². The van der Waals surface area contributed by atoms with E-state index in [0.717, 1.165) is 12.8 Å². The van der Waals surface area contributed by atoms with Crippen LogP contribution < -0.4 is 4.74 Å². The summed E-state index contributed by atoms with van der Waals surface area (Å²) in [7, 11) is 1.54. The van der Waals surface area contributed by atoms with Gasteiger partial charge in [0.1, 0.15) is 5.75 Å². The molecular weight excluding hydrogens is 278 g/mol. The number of aliphatic hydroxyl groups is 1. The van der Waals surface area contributed by atoms with Gasteiger partial charge in [-0.3, -0.25) is 9.69 Å². The summed E-state index contributed by atoms with van der Waals surface area (Å²) in [5.74, 6) is 0.587. The number of benzene rings is 1. The molecule has 0 amide bonds. The Hall–Kier alpha value is -1.10. The van der Waals surface area contributed by atoms with E-state index in [1.54, 1.807) is 25.3 Å². The van der Waals surface area contributed by atoms with Crippen molar-refractivity contribution in [3.05, 3.63) is 28.8 Å². The largest absolute Gasteiger partial charge is 0.495 e. The molecule has 5 heteroatoms. The minimum absolute atomic E-state index is 0.0231. The van der Waals surface area contributed by atoms with Crippen LogP contribution in [-0.4, -0.2) is 48.6 Å². The molecule has 0 aliphatic heterocycles. The summed E-state index contributed by atoms with van der Waals surface area (Å²) < 4.78 is 5.08. The molecular formula is C15H20ClNO3. The average molecular weight is 298 g/mol. The summed E-state index contributed by atoms with van der Waals surface area (Å²) in [6, 6.07) is 5.50. The second-order valence-electron chi connectivity index (χ2n) is 5.05. The van der Waals surface area contributed by atoms with Crippen LogP contribution in [0.3, 0.4) is 0 Å². The Bertz CT molecular complexity index is 474. The molecule has 0 unspecified atom stereocenters. The maximum Gasteiger partial charge on any atom is 0.176 e. The Morgan fingerprint density at radius 1 is 1.50 bits per heavy atom. The zero-order chi connectivity index (χ0) is 14.5. The number of methoxy groups -OCH3 is 1. The summed E-state index contributed by atoms with van der Waals surface area (Å²) in [5.41, 5.74) is 0.582. The van der Waals surface area contributed by atoms with Gasteiger partial charge in [-0.05, 0) is 31.0 Å². The smallest absolute Gasteiger partial charge is 0.176 e. The number of nitrogens with zero attached hydrogens (tertiary/aromatic N) is 1. The lowest BCUT2D eigenvalue weighted by molar-refractivity contribution is 0.0747. The van der Waals surface area contributed by atoms with Crippen molar-refractivity contribution in [1.82, 2.24) is 4.90 Å². The number of halogens is 1. The van der Waals surface area contributed by atoms with E-state index >= 15 is 0 Å². The van der Waals surface area contributed by atoms with Gasteiger partial charge in [-0.1, -0.05) is 18.0 Å². The van der Waals surface area contributed by atoms with Crippen LogP contribution in [0.4, 0.5) is 0 Å². The van der Waals surface area contributed by atoms with Gasteiger partial charge in [-0.25, -0.2) is 0 Å². The predicted octanol–water partition coefficient (Wildman–Crippen LogP) is 2.38. The maximum absolute atomic E-state index is 12.3. The summed E-state index contributed by atoms with van der Waals surface area (Å²) in [4.78, 5) is 14.4. The Kier molecular flexibility index (Phi) is 5.40. The predicted molar refractivity (Wildman–Crippen MR) is 78.6 cm³/mol. The van der Waals surface area contributed by atoms with Crippen LogP contribution in [0.5, 0.6) is 5.75 Å². The molecule has 1 aliphatic rings. The molecule has 20 heavy (non-hydrogen) atoms. The van der Waals surface area contributed by atoms with E-state index in [1.807, 2.05) is 0 Å². The lowest BCUT2D eigenvalue weighted by Crippen LogP contribution is -2.44. The third-order valence-electron chi connectivity index (χ3n) is 3.80. The SMILES string of the molecule is COc1ccc(C(=O)CN(CCO)C2CCC2)cc1Cl. The highest BCUT2D eigenvalue weighted by Gasteiger charge is 2.26. The molecule has 1 aromatic carbocycles. The van der Waals surface area contributed by atoms with Crippen LogP contribution in [0, 0.1) is 0 Å². The molecule has 1 saturated carbocycles.